The SMILES string of the molecule is O=C(NCc1nncn1C1CCCCC1)c1n[nH]c2c1CCC2. The number of carbonyl (C=O) groups is 1. The van der Waals surface area contributed by atoms with Gasteiger partial charge in [0.15, 0.2) is 11.5 Å². The molecule has 0 radical (unpaired) electrons. The minimum Gasteiger partial charge on any atom is -0.343 e. The van der Waals surface area contributed by atoms with Gasteiger partial charge in [0.1, 0.15) is 6.33 Å². The molecule has 2 aromatic rings. The van der Waals surface area contributed by atoms with Gasteiger partial charge in [-0.2, -0.15) is 5.10 Å². The second-order valence-corrected chi connectivity index (χ2v) is 6.51. The fraction of sp³-hybridized carbons (Fsp3) is 0.625. The number of nitrogens with zero attached hydrogens (tertiary/aromatic N) is 4. The van der Waals surface area contributed by atoms with E-state index in [-0.39, 0.29) is 5.91 Å². The number of hydrogen-bond donors (Lipinski definition) is 2. The van der Waals surface area contributed by atoms with Crippen molar-refractivity contribution in [3.8, 4) is 0 Å². The van der Waals surface area contributed by atoms with Gasteiger partial charge in [0, 0.05) is 17.3 Å². The van der Waals surface area contributed by atoms with Crippen molar-refractivity contribution >= 4 is 5.91 Å². The highest BCUT2D eigenvalue weighted by molar-refractivity contribution is 5.94. The Hall–Kier alpha value is -2.18. The lowest BCUT2D eigenvalue weighted by molar-refractivity contribution is 0.0943. The maximum absolute atomic E-state index is 12.4. The number of aryl methyl sites for hydroxylation is 1. The minimum absolute atomic E-state index is 0.123. The summed E-state index contributed by atoms with van der Waals surface area (Å²) in [5.74, 6) is 0.708. The van der Waals surface area contributed by atoms with E-state index in [9.17, 15) is 4.79 Å². The maximum Gasteiger partial charge on any atom is 0.272 e. The normalized spacial score (nSPS) is 18.1. The molecule has 0 saturated heterocycles. The fourth-order valence-electron chi connectivity index (χ4n) is 3.81. The number of hydrogen-bond acceptors (Lipinski definition) is 4. The van der Waals surface area contributed by atoms with Gasteiger partial charge in [0.05, 0.1) is 6.54 Å². The number of fused-ring (bicyclic) bond motifs is 1. The van der Waals surface area contributed by atoms with Crippen LogP contribution in [-0.4, -0.2) is 30.9 Å². The molecule has 2 aliphatic carbocycles. The molecule has 2 heterocycles. The number of amides is 1. The molecule has 122 valence electrons. The Kier molecular flexibility index (Phi) is 3.85. The molecular weight excluding hydrogens is 292 g/mol. The number of aromatic nitrogens is 5. The summed E-state index contributed by atoms with van der Waals surface area (Å²) in [5.41, 5.74) is 2.73. The number of rotatable bonds is 4. The first-order chi connectivity index (χ1) is 11.3. The number of carbonyl (C=O) groups excluding carboxylic acids is 1. The summed E-state index contributed by atoms with van der Waals surface area (Å²) in [5, 5.41) is 18.3. The number of nitrogens with one attached hydrogen (secondary N) is 2. The first-order valence-corrected chi connectivity index (χ1v) is 8.55. The van der Waals surface area contributed by atoms with Crippen molar-refractivity contribution in [2.45, 2.75) is 64.0 Å². The molecule has 0 spiro atoms. The molecule has 0 atom stereocenters. The minimum atomic E-state index is -0.123. The zero-order valence-corrected chi connectivity index (χ0v) is 13.2. The van der Waals surface area contributed by atoms with Gasteiger partial charge < -0.3 is 9.88 Å². The van der Waals surface area contributed by atoms with E-state index >= 15 is 0 Å². The second-order valence-electron chi connectivity index (χ2n) is 6.51. The smallest absolute Gasteiger partial charge is 0.272 e. The molecule has 0 bridgehead atoms. The van der Waals surface area contributed by atoms with Crippen LogP contribution in [0.15, 0.2) is 6.33 Å². The van der Waals surface area contributed by atoms with Crippen LogP contribution in [0.5, 0.6) is 0 Å². The van der Waals surface area contributed by atoms with Crippen molar-refractivity contribution in [2.24, 2.45) is 0 Å². The van der Waals surface area contributed by atoms with E-state index < -0.39 is 0 Å². The Balaban J connectivity index is 1.43. The second kappa shape index (κ2) is 6.14. The molecule has 2 aromatic heterocycles. The Labute approximate surface area is 134 Å². The van der Waals surface area contributed by atoms with Crippen LogP contribution in [0.25, 0.3) is 0 Å². The van der Waals surface area contributed by atoms with Crippen LogP contribution >= 0.6 is 0 Å². The van der Waals surface area contributed by atoms with Crippen molar-refractivity contribution in [3.05, 3.63) is 29.1 Å². The first kappa shape index (κ1) is 14.4. The third-order valence-corrected chi connectivity index (χ3v) is 5.04. The predicted molar refractivity (Wildman–Crippen MR) is 83.9 cm³/mol. The number of H-pyrrole nitrogens is 1. The van der Waals surface area contributed by atoms with Gasteiger partial charge in [0.2, 0.25) is 0 Å². The van der Waals surface area contributed by atoms with Crippen LogP contribution < -0.4 is 5.32 Å². The lowest BCUT2D eigenvalue weighted by Gasteiger charge is -2.23. The highest BCUT2D eigenvalue weighted by Crippen LogP contribution is 2.28. The predicted octanol–water partition coefficient (Wildman–Crippen LogP) is 1.93. The maximum atomic E-state index is 12.4. The van der Waals surface area contributed by atoms with Gasteiger partial charge in [-0.15, -0.1) is 10.2 Å². The standard InChI is InChI=1S/C16H22N6O/c23-16(15-12-7-4-8-13(12)19-21-15)17-9-14-20-18-10-22(14)11-5-2-1-3-6-11/h10-11H,1-9H2,(H,17,23)(H,19,21). The molecule has 7 nitrogen and oxygen atoms in total. The third kappa shape index (κ3) is 2.75. The summed E-state index contributed by atoms with van der Waals surface area (Å²) >= 11 is 0. The van der Waals surface area contributed by atoms with Gasteiger partial charge in [-0.05, 0) is 32.1 Å². The molecule has 2 N–H and O–H groups in total. The van der Waals surface area contributed by atoms with Crippen LogP contribution in [0, 0.1) is 0 Å². The molecule has 1 saturated carbocycles. The summed E-state index contributed by atoms with van der Waals surface area (Å²) < 4.78 is 2.13. The van der Waals surface area contributed by atoms with E-state index in [1.807, 2.05) is 0 Å². The van der Waals surface area contributed by atoms with Crippen LogP contribution in [0.4, 0.5) is 0 Å². The topological polar surface area (TPSA) is 88.5 Å². The fourth-order valence-corrected chi connectivity index (χ4v) is 3.81. The summed E-state index contributed by atoms with van der Waals surface area (Å²) in [4.78, 5) is 12.4. The Morgan fingerprint density at radius 2 is 2.13 bits per heavy atom. The summed E-state index contributed by atoms with van der Waals surface area (Å²) in [6, 6.07) is 0.472. The summed E-state index contributed by atoms with van der Waals surface area (Å²) in [6.45, 7) is 0.400. The van der Waals surface area contributed by atoms with Crippen molar-refractivity contribution in [2.75, 3.05) is 0 Å². The molecule has 0 aromatic carbocycles. The molecule has 7 heteroatoms. The zero-order chi connectivity index (χ0) is 15.6. The summed E-state index contributed by atoms with van der Waals surface area (Å²) in [7, 11) is 0. The summed E-state index contributed by atoms with van der Waals surface area (Å²) in [6.07, 6.45) is 11.0. The largest absolute Gasteiger partial charge is 0.343 e. The lowest BCUT2D eigenvalue weighted by atomic mass is 9.95. The molecule has 23 heavy (non-hydrogen) atoms. The van der Waals surface area contributed by atoms with Gasteiger partial charge >= 0.3 is 0 Å². The Bertz CT molecular complexity index is 697. The van der Waals surface area contributed by atoms with Gasteiger partial charge in [-0.1, -0.05) is 19.3 Å². The average Bonchev–Trinajstić information content (AvgIpc) is 3.29. The molecule has 0 unspecified atom stereocenters. The van der Waals surface area contributed by atoms with Crippen LogP contribution in [-0.2, 0) is 19.4 Å². The molecule has 1 amide bonds. The van der Waals surface area contributed by atoms with E-state index in [0.717, 1.165) is 36.3 Å². The molecule has 2 aliphatic rings. The van der Waals surface area contributed by atoms with Crippen molar-refractivity contribution in [1.82, 2.24) is 30.3 Å². The average molecular weight is 314 g/mol. The van der Waals surface area contributed by atoms with Crippen LogP contribution in [0.1, 0.15) is 72.1 Å². The number of aromatic amines is 1. The van der Waals surface area contributed by atoms with Crippen molar-refractivity contribution in [1.29, 1.82) is 0 Å². The third-order valence-electron chi connectivity index (χ3n) is 5.04. The molecular formula is C16H22N6O. The van der Waals surface area contributed by atoms with E-state index in [2.05, 4.69) is 30.3 Å². The Morgan fingerprint density at radius 3 is 3.00 bits per heavy atom. The van der Waals surface area contributed by atoms with Crippen LogP contribution in [0.3, 0.4) is 0 Å². The van der Waals surface area contributed by atoms with Crippen molar-refractivity contribution in [3.63, 3.8) is 0 Å². The van der Waals surface area contributed by atoms with Gasteiger partial charge in [-0.3, -0.25) is 9.89 Å². The van der Waals surface area contributed by atoms with Gasteiger partial charge in [-0.25, -0.2) is 0 Å². The Morgan fingerprint density at radius 1 is 1.26 bits per heavy atom. The van der Waals surface area contributed by atoms with E-state index in [1.54, 1.807) is 6.33 Å². The van der Waals surface area contributed by atoms with Crippen LogP contribution in [0.2, 0.25) is 0 Å². The quantitative estimate of drug-likeness (QED) is 0.902. The first-order valence-electron chi connectivity index (χ1n) is 8.55. The van der Waals surface area contributed by atoms with Gasteiger partial charge in [0.25, 0.3) is 5.91 Å². The highest BCUT2D eigenvalue weighted by atomic mass is 16.1. The molecule has 1 fully saturated rings. The lowest BCUT2D eigenvalue weighted by Crippen LogP contribution is -2.27. The molecule has 0 aliphatic heterocycles. The molecule has 4 rings (SSSR count). The van der Waals surface area contributed by atoms with E-state index in [0.29, 0.717) is 18.3 Å². The van der Waals surface area contributed by atoms with E-state index in [1.165, 1.54) is 32.1 Å². The van der Waals surface area contributed by atoms with Crippen molar-refractivity contribution < 1.29 is 4.79 Å². The highest BCUT2D eigenvalue weighted by Gasteiger charge is 2.24. The van der Waals surface area contributed by atoms with E-state index in [4.69, 9.17) is 0 Å². The monoisotopic (exact) mass is 314 g/mol. The zero-order valence-electron chi connectivity index (χ0n) is 13.2.